The molecule has 2 aliphatic heterocycles. The molecule has 0 spiro atoms. The highest BCUT2D eigenvalue weighted by atomic mass is 19.3. The number of hydrogen-bond donors (Lipinski definition) is 1. The fourth-order valence-corrected chi connectivity index (χ4v) is 4.44. The number of aryl methyl sites for hydroxylation is 1. The fourth-order valence-electron chi connectivity index (χ4n) is 4.44. The van der Waals surface area contributed by atoms with Crippen LogP contribution in [0, 0.1) is 11.6 Å². The molecule has 32 heavy (non-hydrogen) atoms. The van der Waals surface area contributed by atoms with Gasteiger partial charge in [-0.25, -0.2) is 18.4 Å². The molecule has 4 heterocycles. The molecular formula is C19H20F4N8O. The Morgan fingerprint density at radius 3 is 2.69 bits per heavy atom. The number of alkyl halides is 2. The van der Waals surface area contributed by atoms with Gasteiger partial charge in [0.15, 0.2) is 5.82 Å². The molecule has 1 saturated heterocycles. The van der Waals surface area contributed by atoms with Gasteiger partial charge in [-0.15, -0.1) is 5.10 Å². The van der Waals surface area contributed by atoms with E-state index in [-0.39, 0.29) is 36.4 Å². The Morgan fingerprint density at radius 1 is 1.19 bits per heavy atom. The number of fused-ring (bicyclic) bond motifs is 1. The summed E-state index contributed by atoms with van der Waals surface area (Å²) in [6.07, 6.45) is -0.352. The van der Waals surface area contributed by atoms with Gasteiger partial charge in [0.2, 0.25) is 5.82 Å². The van der Waals surface area contributed by atoms with E-state index in [0.717, 1.165) is 22.8 Å². The van der Waals surface area contributed by atoms with E-state index < -0.39 is 30.3 Å². The number of imidazole rings is 1. The lowest BCUT2D eigenvalue weighted by Crippen LogP contribution is -2.47. The van der Waals surface area contributed by atoms with E-state index in [1.807, 2.05) is 4.90 Å². The maximum absolute atomic E-state index is 14.2. The zero-order chi connectivity index (χ0) is 22.6. The van der Waals surface area contributed by atoms with Crippen molar-refractivity contribution < 1.29 is 22.3 Å². The van der Waals surface area contributed by atoms with Gasteiger partial charge in [-0.1, -0.05) is 0 Å². The highest BCUT2D eigenvalue weighted by Crippen LogP contribution is 2.36. The first-order valence-corrected chi connectivity index (χ1v) is 10.0. The first-order valence-electron chi connectivity index (χ1n) is 10.0. The summed E-state index contributed by atoms with van der Waals surface area (Å²) in [7, 11) is 1.55. The molecule has 0 saturated carbocycles. The Kier molecular flexibility index (Phi) is 5.18. The number of ether oxygens (including phenoxy) is 1. The number of hydrogen-bond acceptors (Lipinski definition) is 7. The molecule has 9 nitrogen and oxygen atoms in total. The maximum Gasteiger partial charge on any atom is 0.320 e. The molecule has 1 aromatic carbocycles. The van der Waals surface area contributed by atoms with E-state index >= 15 is 0 Å². The first kappa shape index (κ1) is 21.0. The minimum Gasteiger partial charge on any atom is -0.370 e. The summed E-state index contributed by atoms with van der Waals surface area (Å²) in [6.45, 7) is -2.07. The normalized spacial score (nSPS) is 23.8. The summed E-state index contributed by atoms with van der Waals surface area (Å²) in [5, 5.41) is 11.0. The second-order valence-electron chi connectivity index (χ2n) is 7.98. The van der Waals surface area contributed by atoms with Crippen LogP contribution in [0.25, 0.3) is 11.6 Å². The Balaban J connectivity index is 1.34. The second kappa shape index (κ2) is 7.90. The van der Waals surface area contributed by atoms with E-state index in [2.05, 4.69) is 20.5 Å². The predicted molar refractivity (Wildman–Crippen MR) is 102 cm³/mol. The van der Waals surface area contributed by atoms with Gasteiger partial charge < -0.3 is 10.5 Å². The lowest BCUT2D eigenvalue weighted by Gasteiger charge is -2.38. The highest BCUT2D eigenvalue weighted by Gasteiger charge is 2.39. The van der Waals surface area contributed by atoms with Crippen molar-refractivity contribution in [2.45, 2.75) is 44.2 Å². The number of aromatic nitrogens is 6. The third-order valence-corrected chi connectivity index (χ3v) is 6.00. The number of tetrazole rings is 1. The number of rotatable bonds is 4. The van der Waals surface area contributed by atoms with Crippen molar-refractivity contribution in [3.05, 3.63) is 46.8 Å². The number of halogens is 4. The van der Waals surface area contributed by atoms with Gasteiger partial charge in [0.1, 0.15) is 17.7 Å². The highest BCUT2D eigenvalue weighted by molar-refractivity contribution is 5.47. The van der Waals surface area contributed by atoms with Crippen LogP contribution in [0.2, 0.25) is 0 Å². The Morgan fingerprint density at radius 2 is 2.00 bits per heavy atom. The van der Waals surface area contributed by atoms with Gasteiger partial charge in [0, 0.05) is 37.8 Å². The molecule has 13 heteroatoms. The molecule has 1 fully saturated rings. The predicted octanol–water partition coefficient (Wildman–Crippen LogP) is 1.92. The smallest absolute Gasteiger partial charge is 0.320 e. The Labute approximate surface area is 179 Å². The Hall–Kier alpha value is -2.90. The Bertz CT molecular complexity index is 1150. The van der Waals surface area contributed by atoms with Crippen molar-refractivity contribution in [3.8, 4) is 11.6 Å². The maximum atomic E-state index is 14.2. The average Bonchev–Trinajstić information content (AvgIpc) is 3.43. The van der Waals surface area contributed by atoms with Crippen LogP contribution >= 0.6 is 0 Å². The van der Waals surface area contributed by atoms with Crippen molar-refractivity contribution in [2.24, 2.45) is 12.8 Å². The quantitative estimate of drug-likeness (QED) is 0.604. The van der Waals surface area contributed by atoms with Crippen molar-refractivity contribution >= 4 is 0 Å². The third kappa shape index (κ3) is 3.45. The van der Waals surface area contributed by atoms with Gasteiger partial charge in [0.25, 0.3) is 0 Å². The van der Waals surface area contributed by atoms with E-state index in [0.29, 0.717) is 24.4 Å². The van der Waals surface area contributed by atoms with E-state index in [1.54, 1.807) is 7.05 Å². The van der Waals surface area contributed by atoms with Crippen LogP contribution in [-0.2, 0) is 24.9 Å². The van der Waals surface area contributed by atoms with Crippen molar-refractivity contribution in [3.63, 3.8) is 0 Å². The lowest BCUT2D eigenvalue weighted by molar-refractivity contribution is -0.0538. The van der Waals surface area contributed by atoms with Crippen molar-refractivity contribution in [1.82, 2.24) is 34.7 Å². The minimum atomic E-state index is -2.82. The van der Waals surface area contributed by atoms with E-state index in [9.17, 15) is 17.6 Å². The molecule has 170 valence electrons. The molecule has 0 amide bonds. The summed E-state index contributed by atoms with van der Waals surface area (Å²) >= 11 is 0. The van der Waals surface area contributed by atoms with Gasteiger partial charge in [-0.2, -0.15) is 8.78 Å². The standard InChI is InChI=1S/C19H20F4N8O/c1-29-18(26-27-28-29)17-25-14-6-30(7-15(14)31(17)19(22)23)10-5-13(24)16(32-8-10)11-4-9(20)2-3-12(11)21/h2-4,10,13,16,19H,5-8,24H2,1H3/t10-,13+,16-/m1/s1. The average molecular weight is 452 g/mol. The summed E-state index contributed by atoms with van der Waals surface area (Å²) in [5.74, 6) is -0.997. The molecule has 0 aliphatic carbocycles. The molecule has 3 aromatic rings. The number of nitrogens with two attached hydrogens (primary N) is 1. The van der Waals surface area contributed by atoms with Crippen molar-refractivity contribution in [1.29, 1.82) is 0 Å². The molecule has 5 rings (SSSR count). The van der Waals surface area contributed by atoms with Gasteiger partial charge in [-0.3, -0.25) is 9.47 Å². The van der Waals surface area contributed by atoms with Crippen LogP contribution in [0.1, 0.15) is 36.0 Å². The number of nitrogens with zero attached hydrogens (tertiary/aromatic N) is 7. The minimum absolute atomic E-state index is 0.00962. The zero-order valence-electron chi connectivity index (χ0n) is 17.0. The van der Waals surface area contributed by atoms with Crippen LogP contribution in [-0.4, -0.2) is 53.3 Å². The van der Waals surface area contributed by atoms with Crippen LogP contribution < -0.4 is 5.73 Å². The molecule has 2 aromatic heterocycles. The molecule has 3 atom stereocenters. The van der Waals surface area contributed by atoms with E-state index in [4.69, 9.17) is 10.5 Å². The SMILES string of the molecule is Cn1nnnc1-c1nc2c(n1C(F)F)CN([C@H]1CO[C@H](c3cc(F)ccc3F)[C@@H](N)C1)C2. The molecular weight excluding hydrogens is 432 g/mol. The summed E-state index contributed by atoms with van der Waals surface area (Å²) in [6, 6.07) is 2.40. The van der Waals surface area contributed by atoms with Gasteiger partial charge in [-0.05, 0) is 35.0 Å². The largest absolute Gasteiger partial charge is 0.370 e. The molecule has 2 aliphatic rings. The van der Waals surface area contributed by atoms with E-state index in [1.165, 1.54) is 4.68 Å². The van der Waals surface area contributed by atoms with Crippen LogP contribution in [0.3, 0.4) is 0 Å². The topological polar surface area (TPSA) is 99.9 Å². The second-order valence-corrected chi connectivity index (χ2v) is 7.98. The van der Waals surface area contributed by atoms with Crippen LogP contribution in [0.15, 0.2) is 18.2 Å². The van der Waals surface area contributed by atoms with Gasteiger partial charge >= 0.3 is 6.55 Å². The molecule has 0 bridgehead atoms. The summed E-state index contributed by atoms with van der Waals surface area (Å²) in [5.41, 5.74) is 7.21. The number of benzene rings is 1. The monoisotopic (exact) mass is 452 g/mol. The fraction of sp³-hybridized carbons (Fsp3) is 0.474. The van der Waals surface area contributed by atoms with Crippen molar-refractivity contribution in [2.75, 3.05) is 6.61 Å². The first-order chi connectivity index (χ1) is 15.3. The van der Waals surface area contributed by atoms with Gasteiger partial charge in [0.05, 0.1) is 18.0 Å². The molecule has 0 unspecified atom stereocenters. The van der Waals surface area contributed by atoms with Crippen LogP contribution in [0.5, 0.6) is 0 Å². The molecule has 0 radical (unpaired) electrons. The summed E-state index contributed by atoms with van der Waals surface area (Å²) < 4.78 is 63.5. The van der Waals surface area contributed by atoms with Crippen LogP contribution in [0.4, 0.5) is 17.6 Å². The molecule has 2 N–H and O–H groups in total. The zero-order valence-corrected chi connectivity index (χ0v) is 17.0. The third-order valence-electron chi connectivity index (χ3n) is 6.00. The lowest BCUT2D eigenvalue weighted by atomic mass is 9.93. The summed E-state index contributed by atoms with van der Waals surface area (Å²) in [4.78, 5) is 6.33.